The van der Waals surface area contributed by atoms with Gasteiger partial charge in [0, 0.05) is 13.2 Å². The summed E-state index contributed by atoms with van der Waals surface area (Å²) < 4.78 is 1.65. The van der Waals surface area contributed by atoms with Crippen LogP contribution >= 0.6 is 0 Å². The summed E-state index contributed by atoms with van der Waals surface area (Å²) in [5.74, 6) is 0.518. The second kappa shape index (κ2) is 6.30. The average molecular weight is 288 g/mol. The maximum absolute atomic E-state index is 12.5. The standard InChI is InChI=1S/C16H24N4O/c1-4-12-6-8-16(11-17,9-7-12)18-15(21)13-10-20(3)19-14(13)5-2/h10,12H,4-9H2,1-3H3,(H,18,21). The van der Waals surface area contributed by atoms with Crippen molar-refractivity contribution in [1.82, 2.24) is 15.1 Å². The van der Waals surface area contributed by atoms with Crippen LogP contribution in [-0.4, -0.2) is 21.2 Å². The van der Waals surface area contributed by atoms with Gasteiger partial charge in [-0.25, -0.2) is 0 Å². The number of carbonyl (C=O) groups excluding carboxylic acids is 1. The lowest BCUT2D eigenvalue weighted by atomic mass is 9.76. The first-order chi connectivity index (χ1) is 10.0. The Hall–Kier alpha value is -1.83. The highest BCUT2D eigenvalue weighted by Gasteiger charge is 2.37. The van der Waals surface area contributed by atoms with Crippen molar-refractivity contribution in [2.24, 2.45) is 13.0 Å². The molecule has 1 aliphatic carbocycles. The highest BCUT2D eigenvalue weighted by molar-refractivity contribution is 5.95. The highest BCUT2D eigenvalue weighted by Crippen LogP contribution is 2.33. The molecule has 1 amide bonds. The number of aromatic nitrogens is 2. The molecule has 1 aromatic heterocycles. The van der Waals surface area contributed by atoms with Gasteiger partial charge < -0.3 is 5.32 Å². The molecule has 0 atom stereocenters. The first kappa shape index (κ1) is 15.6. The number of nitrogens with one attached hydrogen (secondary N) is 1. The van der Waals surface area contributed by atoms with E-state index in [2.05, 4.69) is 23.4 Å². The van der Waals surface area contributed by atoms with Crippen molar-refractivity contribution in [3.8, 4) is 6.07 Å². The number of aryl methyl sites for hydroxylation is 2. The number of nitriles is 1. The number of nitrogens with zero attached hydrogens (tertiary/aromatic N) is 3. The fraction of sp³-hybridized carbons (Fsp3) is 0.688. The predicted molar refractivity (Wildman–Crippen MR) is 80.6 cm³/mol. The van der Waals surface area contributed by atoms with E-state index in [0.717, 1.165) is 37.8 Å². The predicted octanol–water partition coefficient (Wildman–Crippen LogP) is 2.57. The maximum Gasteiger partial charge on any atom is 0.256 e. The first-order valence-electron chi connectivity index (χ1n) is 7.80. The summed E-state index contributed by atoms with van der Waals surface area (Å²) in [7, 11) is 1.81. The van der Waals surface area contributed by atoms with E-state index in [9.17, 15) is 10.1 Å². The van der Waals surface area contributed by atoms with E-state index < -0.39 is 5.54 Å². The number of carbonyl (C=O) groups is 1. The van der Waals surface area contributed by atoms with Crippen LogP contribution in [0.3, 0.4) is 0 Å². The van der Waals surface area contributed by atoms with Crippen molar-refractivity contribution >= 4 is 5.91 Å². The van der Waals surface area contributed by atoms with Gasteiger partial charge in [-0.05, 0) is 38.0 Å². The molecule has 1 aliphatic rings. The zero-order valence-electron chi connectivity index (χ0n) is 13.1. The van der Waals surface area contributed by atoms with Crippen LogP contribution in [0, 0.1) is 17.2 Å². The second-order valence-electron chi connectivity index (χ2n) is 6.02. The number of amides is 1. The van der Waals surface area contributed by atoms with Gasteiger partial charge in [0.05, 0.1) is 17.3 Å². The molecule has 21 heavy (non-hydrogen) atoms. The minimum atomic E-state index is -0.705. The highest BCUT2D eigenvalue weighted by atomic mass is 16.1. The Labute approximate surface area is 126 Å². The van der Waals surface area contributed by atoms with Crippen LogP contribution in [0.2, 0.25) is 0 Å². The monoisotopic (exact) mass is 288 g/mol. The third-order valence-corrected chi connectivity index (χ3v) is 4.59. The van der Waals surface area contributed by atoms with E-state index >= 15 is 0 Å². The lowest BCUT2D eigenvalue weighted by molar-refractivity contribution is 0.0890. The van der Waals surface area contributed by atoms with E-state index in [1.807, 2.05) is 14.0 Å². The molecule has 1 saturated carbocycles. The normalized spacial score (nSPS) is 25.3. The Kier molecular flexibility index (Phi) is 4.66. The minimum absolute atomic E-state index is 0.170. The summed E-state index contributed by atoms with van der Waals surface area (Å²) in [6.07, 6.45) is 7.11. The van der Waals surface area contributed by atoms with Gasteiger partial charge in [0.15, 0.2) is 0 Å². The first-order valence-corrected chi connectivity index (χ1v) is 7.80. The van der Waals surface area contributed by atoms with Crippen LogP contribution in [0.15, 0.2) is 6.20 Å². The fourth-order valence-corrected chi connectivity index (χ4v) is 3.11. The van der Waals surface area contributed by atoms with E-state index in [1.54, 1.807) is 10.9 Å². The van der Waals surface area contributed by atoms with E-state index in [0.29, 0.717) is 17.9 Å². The van der Waals surface area contributed by atoms with Gasteiger partial charge in [-0.2, -0.15) is 10.4 Å². The summed E-state index contributed by atoms with van der Waals surface area (Å²) in [4.78, 5) is 12.5. The molecule has 0 radical (unpaired) electrons. The SMILES string of the molecule is CCc1nn(C)cc1C(=O)NC1(C#N)CCC(CC)CC1. The topological polar surface area (TPSA) is 70.7 Å². The van der Waals surface area contributed by atoms with Gasteiger partial charge in [0.1, 0.15) is 5.54 Å². The largest absolute Gasteiger partial charge is 0.334 e. The summed E-state index contributed by atoms with van der Waals surface area (Å²) in [5, 5.41) is 16.8. The lowest BCUT2D eigenvalue weighted by Gasteiger charge is -2.35. The second-order valence-corrected chi connectivity index (χ2v) is 6.02. The molecule has 0 unspecified atom stereocenters. The van der Waals surface area contributed by atoms with Gasteiger partial charge in [-0.3, -0.25) is 9.48 Å². The summed E-state index contributed by atoms with van der Waals surface area (Å²) >= 11 is 0. The molecule has 0 spiro atoms. The quantitative estimate of drug-likeness (QED) is 0.925. The molecule has 0 aliphatic heterocycles. The van der Waals surface area contributed by atoms with Gasteiger partial charge in [-0.1, -0.05) is 20.3 Å². The van der Waals surface area contributed by atoms with Crippen LogP contribution < -0.4 is 5.32 Å². The average Bonchev–Trinajstić information content (AvgIpc) is 2.89. The van der Waals surface area contributed by atoms with Crippen LogP contribution in [0.1, 0.15) is 62.0 Å². The zero-order valence-corrected chi connectivity index (χ0v) is 13.1. The number of rotatable bonds is 4. The fourth-order valence-electron chi connectivity index (χ4n) is 3.11. The lowest BCUT2D eigenvalue weighted by Crippen LogP contribution is -2.49. The molecular weight excluding hydrogens is 264 g/mol. The molecule has 1 heterocycles. The Morgan fingerprint density at radius 1 is 1.52 bits per heavy atom. The Bertz CT molecular complexity index is 547. The molecule has 0 aromatic carbocycles. The van der Waals surface area contributed by atoms with Gasteiger partial charge >= 0.3 is 0 Å². The minimum Gasteiger partial charge on any atom is -0.334 e. The van der Waals surface area contributed by atoms with Crippen molar-refractivity contribution < 1.29 is 4.79 Å². The van der Waals surface area contributed by atoms with Gasteiger partial charge in [-0.15, -0.1) is 0 Å². The zero-order chi connectivity index (χ0) is 15.5. The third kappa shape index (κ3) is 3.26. The summed E-state index contributed by atoms with van der Waals surface area (Å²) in [6.45, 7) is 4.16. The van der Waals surface area contributed by atoms with Crippen LogP contribution in [0.25, 0.3) is 0 Å². The molecule has 0 saturated heterocycles. The summed E-state index contributed by atoms with van der Waals surface area (Å²) in [6, 6.07) is 2.35. The van der Waals surface area contributed by atoms with Crippen molar-refractivity contribution in [1.29, 1.82) is 5.26 Å². The molecule has 5 nitrogen and oxygen atoms in total. The number of hydrogen-bond acceptors (Lipinski definition) is 3. The van der Waals surface area contributed by atoms with Gasteiger partial charge in [0.2, 0.25) is 0 Å². The molecule has 114 valence electrons. The Morgan fingerprint density at radius 3 is 2.71 bits per heavy atom. The molecule has 1 N–H and O–H groups in total. The summed E-state index contributed by atoms with van der Waals surface area (Å²) in [5.41, 5.74) is 0.668. The Morgan fingerprint density at radius 2 is 2.19 bits per heavy atom. The third-order valence-electron chi connectivity index (χ3n) is 4.59. The molecule has 1 aromatic rings. The molecule has 5 heteroatoms. The van der Waals surface area contributed by atoms with Crippen molar-refractivity contribution in [2.75, 3.05) is 0 Å². The van der Waals surface area contributed by atoms with E-state index in [-0.39, 0.29) is 5.91 Å². The smallest absolute Gasteiger partial charge is 0.256 e. The van der Waals surface area contributed by atoms with E-state index in [4.69, 9.17) is 0 Å². The van der Waals surface area contributed by atoms with Crippen molar-refractivity contribution in [3.05, 3.63) is 17.5 Å². The van der Waals surface area contributed by atoms with Crippen molar-refractivity contribution in [2.45, 2.75) is 57.9 Å². The Balaban J connectivity index is 2.12. The molecular formula is C16H24N4O. The number of hydrogen-bond donors (Lipinski definition) is 1. The van der Waals surface area contributed by atoms with Crippen LogP contribution in [-0.2, 0) is 13.5 Å². The molecule has 2 rings (SSSR count). The van der Waals surface area contributed by atoms with Crippen molar-refractivity contribution in [3.63, 3.8) is 0 Å². The van der Waals surface area contributed by atoms with Gasteiger partial charge in [0.25, 0.3) is 5.91 Å². The van der Waals surface area contributed by atoms with E-state index in [1.165, 1.54) is 0 Å². The molecule has 0 bridgehead atoms. The maximum atomic E-state index is 12.5. The van der Waals surface area contributed by atoms with Crippen LogP contribution in [0.4, 0.5) is 0 Å². The van der Waals surface area contributed by atoms with Crippen LogP contribution in [0.5, 0.6) is 0 Å². The molecule has 1 fully saturated rings.